The Morgan fingerprint density at radius 1 is 1.03 bits per heavy atom. The molecule has 3 aromatic rings. The predicted molar refractivity (Wildman–Crippen MR) is 116 cm³/mol. The Morgan fingerprint density at radius 3 is 2.56 bits per heavy atom. The van der Waals surface area contributed by atoms with Crippen LogP contribution >= 0.6 is 0 Å². The van der Waals surface area contributed by atoms with Gasteiger partial charge in [0, 0.05) is 44.1 Å². The molecular weight excluding hydrogens is 408 g/mol. The number of aromatic nitrogens is 3. The summed E-state index contributed by atoms with van der Waals surface area (Å²) in [4.78, 5) is 46.4. The monoisotopic (exact) mass is 430 g/mol. The Kier molecular flexibility index (Phi) is 4.93. The van der Waals surface area contributed by atoms with Crippen LogP contribution in [-0.4, -0.2) is 50.5 Å². The number of benzene rings is 2. The van der Waals surface area contributed by atoms with Crippen LogP contribution < -0.4 is 10.2 Å². The maximum atomic E-state index is 13.3. The molecule has 3 amide bonds. The van der Waals surface area contributed by atoms with Crippen molar-refractivity contribution in [3.05, 3.63) is 77.4 Å². The van der Waals surface area contributed by atoms with Gasteiger partial charge in [0.2, 0.25) is 5.91 Å². The van der Waals surface area contributed by atoms with E-state index in [0.717, 1.165) is 5.56 Å². The number of hydrogen-bond acceptors (Lipinski definition) is 5. The number of nitrogens with one attached hydrogen (secondary N) is 1. The van der Waals surface area contributed by atoms with Crippen LogP contribution in [0.25, 0.3) is 0 Å². The van der Waals surface area contributed by atoms with Crippen molar-refractivity contribution in [2.75, 3.05) is 18.0 Å². The summed E-state index contributed by atoms with van der Waals surface area (Å²) >= 11 is 0. The summed E-state index contributed by atoms with van der Waals surface area (Å²) < 4.78 is 1.61. The van der Waals surface area contributed by atoms with Gasteiger partial charge in [-0.2, -0.15) is 5.10 Å². The van der Waals surface area contributed by atoms with E-state index in [0.29, 0.717) is 35.6 Å². The largest absolute Gasteiger partial charge is 0.356 e. The van der Waals surface area contributed by atoms with Gasteiger partial charge in [-0.1, -0.05) is 30.3 Å². The van der Waals surface area contributed by atoms with Gasteiger partial charge in [0.05, 0.1) is 11.3 Å². The number of nitrogens with zero attached hydrogens (tertiary/aromatic N) is 5. The topological polar surface area (TPSA) is 100 Å². The lowest BCUT2D eigenvalue weighted by atomic mass is 10.0. The van der Waals surface area contributed by atoms with E-state index in [1.807, 2.05) is 24.3 Å². The molecule has 32 heavy (non-hydrogen) atoms. The smallest absolute Gasteiger partial charge is 0.260 e. The van der Waals surface area contributed by atoms with Crippen molar-refractivity contribution in [2.24, 2.45) is 7.05 Å². The zero-order valence-electron chi connectivity index (χ0n) is 17.6. The maximum absolute atomic E-state index is 13.3. The fourth-order valence-corrected chi connectivity index (χ4v) is 4.32. The molecule has 1 atom stereocenters. The van der Waals surface area contributed by atoms with Crippen molar-refractivity contribution in [1.82, 2.24) is 25.0 Å². The highest BCUT2D eigenvalue weighted by molar-refractivity contribution is 6.16. The molecule has 1 N–H and O–H groups in total. The number of anilines is 1. The van der Waals surface area contributed by atoms with Gasteiger partial charge >= 0.3 is 0 Å². The van der Waals surface area contributed by atoms with Gasteiger partial charge in [-0.15, -0.1) is 0 Å². The first-order valence-corrected chi connectivity index (χ1v) is 10.5. The molecule has 0 saturated heterocycles. The van der Waals surface area contributed by atoms with Crippen LogP contribution in [0, 0.1) is 0 Å². The van der Waals surface area contributed by atoms with Gasteiger partial charge in [0.15, 0.2) is 5.82 Å². The van der Waals surface area contributed by atoms with Gasteiger partial charge in [0.1, 0.15) is 12.5 Å². The number of para-hydroxylation sites is 1. The summed E-state index contributed by atoms with van der Waals surface area (Å²) in [5.74, 6) is 0.170. The van der Waals surface area contributed by atoms with Gasteiger partial charge in [-0.3, -0.25) is 24.0 Å². The van der Waals surface area contributed by atoms with E-state index < -0.39 is 6.17 Å². The summed E-state index contributed by atoms with van der Waals surface area (Å²) in [6, 6.07) is 14.4. The van der Waals surface area contributed by atoms with Crippen LogP contribution in [0.4, 0.5) is 5.69 Å². The molecule has 3 heterocycles. The van der Waals surface area contributed by atoms with E-state index >= 15 is 0 Å². The first kappa shape index (κ1) is 19.9. The second-order valence-electron chi connectivity index (χ2n) is 7.84. The normalized spacial score (nSPS) is 16.6. The summed E-state index contributed by atoms with van der Waals surface area (Å²) in [5.41, 5.74) is 2.43. The van der Waals surface area contributed by atoms with E-state index in [-0.39, 0.29) is 30.7 Å². The van der Waals surface area contributed by atoms with Gasteiger partial charge in [-0.05, 0) is 18.2 Å². The molecule has 0 spiro atoms. The zero-order chi connectivity index (χ0) is 22.2. The molecule has 2 aliphatic rings. The summed E-state index contributed by atoms with van der Waals surface area (Å²) in [6.45, 7) is 0.611. The molecule has 2 aromatic carbocycles. The molecule has 9 heteroatoms. The van der Waals surface area contributed by atoms with E-state index in [1.165, 1.54) is 0 Å². The Labute approximate surface area is 184 Å². The number of carbonyl (C=O) groups is 3. The quantitative estimate of drug-likeness (QED) is 0.641. The van der Waals surface area contributed by atoms with Crippen molar-refractivity contribution in [3.63, 3.8) is 0 Å². The molecule has 5 rings (SSSR count). The highest BCUT2D eigenvalue weighted by Crippen LogP contribution is 2.45. The molecular formula is C23H22N6O3. The second-order valence-corrected chi connectivity index (χ2v) is 7.84. The van der Waals surface area contributed by atoms with Gasteiger partial charge in [0.25, 0.3) is 11.8 Å². The van der Waals surface area contributed by atoms with E-state index in [9.17, 15) is 14.4 Å². The number of fused-ring (bicyclic) bond motifs is 5. The lowest BCUT2D eigenvalue weighted by Crippen LogP contribution is -2.49. The molecule has 2 aliphatic heterocycles. The lowest BCUT2D eigenvalue weighted by molar-refractivity contribution is -0.121. The molecule has 0 aliphatic carbocycles. The average molecular weight is 430 g/mol. The average Bonchev–Trinajstić information content (AvgIpc) is 3.35. The van der Waals surface area contributed by atoms with Crippen molar-refractivity contribution in [1.29, 1.82) is 0 Å². The molecule has 0 radical (unpaired) electrons. The zero-order valence-corrected chi connectivity index (χ0v) is 17.6. The van der Waals surface area contributed by atoms with Crippen molar-refractivity contribution in [3.8, 4) is 0 Å². The van der Waals surface area contributed by atoms with Crippen molar-refractivity contribution < 1.29 is 14.4 Å². The van der Waals surface area contributed by atoms with Crippen LogP contribution in [0.5, 0.6) is 0 Å². The molecule has 0 fully saturated rings. The molecule has 1 aromatic heterocycles. The van der Waals surface area contributed by atoms with E-state index in [4.69, 9.17) is 0 Å². The van der Waals surface area contributed by atoms with Crippen LogP contribution in [0.2, 0.25) is 0 Å². The number of hydrogen-bond donors (Lipinski definition) is 1. The summed E-state index contributed by atoms with van der Waals surface area (Å²) in [5, 5.41) is 7.04. The number of aryl methyl sites for hydroxylation is 1. The maximum Gasteiger partial charge on any atom is 0.260 e. The first-order valence-electron chi connectivity index (χ1n) is 10.5. The van der Waals surface area contributed by atoms with Crippen molar-refractivity contribution in [2.45, 2.75) is 19.0 Å². The van der Waals surface area contributed by atoms with E-state index in [2.05, 4.69) is 15.4 Å². The van der Waals surface area contributed by atoms with Gasteiger partial charge < -0.3 is 10.2 Å². The van der Waals surface area contributed by atoms with Crippen LogP contribution in [-0.2, 0) is 18.3 Å². The van der Waals surface area contributed by atoms with Gasteiger partial charge in [-0.25, -0.2) is 4.98 Å². The molecule has 0 saturated carbocycles. The van der Waals surface area contributed by atoms with Crippen LogP contribution in [0.1, 0.15) is 44.7 Å². The number of amides is 3. The summed E-state index contributed by atoms with van der Waals surface area (Å²) in [7, 11) is 1.79. The SMILES string of the molecule is Cn1cnc(CCNC(=O)CCN2C(=O)c3ccccc3N3C(=O)c4ccccc4[C@@H]23)n1. The Bertz CT molecular complexity index is 1220. The molecule has 0 unspecified atom stereocenters. The van der Waals surface area contributed by atoms with Crippen molar-refractivity contribution >= 4 is 23.4 Å². The Balaban J connectivity index is 1.33. The van der Waals surface area contributed by atoms with Crippen LogP contribution in [0.15, 0.2) is 54.9 Å². The first-order chi connectivity index (χ1) is 15.5. The van der Waals surface area contributed by atoms with Crippen LogP contribution in [0.3, 0.4) is 0 Å². The molecule has 9 nitrogen and oxygen atoms in total. The summed E-state index contributed by atoms with van der Waals surface area (Å²) in [6.07, 6.45) is 1.72. The molecule has 162 valence electrons. The minimum Gasteiger partial charge on any atom is -0.356 e. The molecule has 0 bridgehead atoms. The number of carbonyl (C=O) groups excluding carboxylic acids is 3. The highest BCUT2D eigenvalue weighted by atomic mass is 16.2. The standard InChI is InChI=1S/C23H22N6O3/c1-27-14-25-19(26-27)10-12-24-20(30)11-13-28-21-15-6-2-3-7-16(15)23(32)29(21)18-9-5-4-8-17(18)22(28)31/h2-9,14,21H,10-13H2,1H3,(H,24,30)/t21-/m0/s1. The predicted octanol–water partition coefficient (Wildman–Crippen LogP) is 1.68. The third-order valence-electron chi connectivity index (χ3n) is 5.78. The Hall–Kier alpha value is -4.01. The second kappa shape index (κ2) is 7.92. The third kappa shape index (κ3) is 3.31. The fourth-order valence-electron chi connectivity index (χ4n) is 4.32. The van der Waals surface area contributed by atoms with E-state index in [1.54, 1.807) is 52.1 Å². The minimum absolute atomic E-state index is 0.129. The highest BCUT2D eigenvalue weighted by Gasteiger charge is 2.47. The lowest BCUT2D eigenvalue weighted by Gasteiger charge is -2.40. The Morgan fingerprint density at radius 2 is 1.78 bits per heavy atom. The number of rotatable bonds is 6. The third-order valence-corrected chi connectivity index (χ3v) is 5.78. The fraction of sp³-hybridized carbons (Fsp3) is 0.261. The minimum atomic E-state index is -0.549.